The summed E-state index contributed by atoms with van der Waals surface area (Å²) in [6.45, 7) is 4.56. The van der Waals surface area contributed by atoms with Gasteiger partial charge in [-0.2, -0.15) is 0 Å². The molecule has 0 unspecified atom stereocenters. The minimum atomic E-state index is -0.479. The number of ether oxygens (including phenoxy) is 1. The molecule has 1 saturated carbocycles. The van der Waals surface area contributed by atoms with E-state index in [1.165, 1.54) is 0 Å². The molecule has 0 radical (unpaired) electrons. The summed E-state index contributed by atoms with van der Waals surface area (Å²) >= 11 is 0. The summed E-state index contributed by atoms with van der Waals surface area (Å²) in [5.74, 6) is 0. The molecule has 0 aliphatic heterocycles. The highest BCUT2D eigenvalue weighted by molar-refractivity contribution is 5.67. The Bertz CT molecular complexity index is 444. The number of carbonyl (C=O) groups excluding carboxylic acids is 1. The number of amides is 1. The summed E-state index contributed by atoms with van der Waals surface area (Å²) in [6.07, 6.45) is 1.53. The van der Waals surface area contributed by atoms with Gasteiger partial charge in [-0.05, 0) is 30.2 Å². The topological polar surface area (TPSA) is 58.6 Å². The summed E-state index contributed by atoms with van der Waals surface area (Å²) in [4.78, 5) is 11.8. The first kappa shape index (κ1) is 14.9. The second-order valence-electron chi connectivity index (χ2n) is 6.29. The van der Waals surface area contributed by atoms with E-state index in [0.29, 0.717) is 0 Å². The maximum atomic E-state index is 11.8. The van der Waals surface area contributed by atoms with Crippen molar-refractivity contribution in [3.8, 4) is 0 Å². The van der Waals surface area contributed by atoms with Gasteiger partial charge in [0.1, 0.15) is 6.61 Å². The van der Waals surface area contributed by atoms with E-state index in [2.05, 4.69) is 19.2 Å². The minimum Gasteiger partial charge on any atom is -0.445 e. The van der Waals surface area contributed by atoms with E-state index in [9.17, 15) is 9.90 Å². The number of aliphatic hydroxyl groups excluding tert-OH is 1. The number of carbonyl (C=O) groups is 1. The molecule has 0 spiro atoms. The SMILES string of the molecule is CC1(C)CC[C@H](O)[C@@H](NC(=O)OCc2ccccc2)C1. The lowest BCUT2D eigenvalue weighted by atomic mass is 9.74. The predicted octanol–water partition coefficient (Wildman–Crippen LogP) is 2.85. The minimum absolute atomic E-state index is 0.149. The first-order chi connectivity index (χ1) is 9.46. The molecule has 1 fully saturated rings. The first-order valence-corrected chi connectivity index (χ1v) is 7.11. The van der Waals surface area contributed by atoms with Gasteiger partial charge in [0.05, 0.1) is 12.1 Å². The zero-order valence-corrected chi connectivity index (χ0v) is 12.1. The monoisotopic (exact) mass is 277 g/mol. The number of benzene rings is 1. The Labute approximate surface area is 120 Å². The Hall–Kier alpha value is -1.55. The number of hydrogen-bond donors (Lipinski definition) is 2. The highest BCUT2D eigenvalue weighted by atomic mass is 16.5. The van der Waals surface area contributed by atoms with Gasteiger partial charge in [-0.3, -0.25) is 0 Å². The normalized spacial score (nSPS) is 24.9. The molecule has 1 aliphatic carbocycles. The van der Waals surface area contributed by atoms with Crippen LogP contribution >= 0.6 is 0 Å². The van der Waals surface area contributed by atoms with Crippen molar-refractivity contribution in [2.24, 2.45) is 5.41 Å². The van der Waals surface area contributed by atoms with Crippen LogP contribution in [-0.2, 0) is 11.3 Å². The second-order valence-corrected chi connectivity index (χ2v) is 6.29. The summed E-state index contributed by atoms with van der Waals surface area (Å²) < 4.78 is 5.19. The van der Waals surface area contributed by atoms with Gasteiger partial charge in [0.15, 0.2) is 0 Å². The average Bonchev–Trinajstić information content (AvgIpc) is 2.42. The van der Waals surface area contributed by atoms with Crippen LogP contribution < -0.4 is 5.32 Å². The summed E-state index contributed by atoms with van der Waals surface area (Å²) in [5, 5.41) is 12.7. The third-order valence-corrected chi connectivity index (χ3v) is 3.87. The van der Waals surface area contributed by atoms with E-state index < -0.39 is 12.2 Å². The lowest BCUT2D eigenvalue weighted by molar-refractivity contribution is 0.0391. The molecule has 20 heavy (non-hydrogen) atoms. The van der Waals surface area contributed by atoms with Crippen LogP contribution in [0.2, 0.25) is 0 Å². The standard InChI is InChI=1S/C16H23NO3/c1-16(2)9-8-14(18)13(10-16)17-15(19)20-11-12-6-4-3-5-7-12/h3-7,13-14,18H,8-11H2,1-2H3,(H,17,19)/t13-,14-/m0/s1. The van der Waals surface area contributed by atoms with E-state index in [1.54, 1.807) is 0 Å². The third-order valence-electron chi connectivity index (χ3n) is 3.87. The Kier molecular flexibility index (Phi) is 4.65. The van der Waals surface area contributed by atoms with Gasteiger partial charge in [0, 0.05) is 0 Å². The number of hydrogen-bond acceptors (Lipinski definition) is 3. The van der Waals surface area contributed by atoms with Crippen molar-refractivity contribution in [2.45, 2.75) is 51.9 Å². The Balaban J connectivity index is 1.81. The van der Waals surface area contributed by atoms with Crippen LogP contribution in [0, 0.1) is 5.41 Å². The molecular formula is C16H23NO3. The molecule has 4 heteroatoms. The first-order valence-electron chi connectivity index (χ1n) is 7.11. The molecule has 1 aliphatic rings. The molecule has 0 aromatic heterocycles. The van der Waals surface area contributed by atoms with Crippen molar-refractivity contribution in [2.75, 3.05) is 0 Å². The van der Waals surface area contributed by atoms with Crippen molar-refractivity contribution < 1.29 is 14.6 Å². The molecule has 4 nitrogen and oxygen atoms in total. The van der Waals surface area contributed by atoms with Crippen molar-refractivity contribution in [1.29, 1.82) is 0 Å². The van der Waals surface area contributed by atoms with Crippen molar-refractivity contribution >= 4 is 6.09 Å². The van der Waals surface area contributed by atoms with Crippen LogP contribution in [0.5, 0.6) is 0 Å². The highest BCUT2D eigenvalue weighted by Gasteiger charge is 2.34. The largest absolute Gasteiger partial charge is 0.445 e. The summed E-state index contributed by atoms with van der Waals surface area (Å²) in [5.41, 5.74) is 1.10. The third kappa shape index (κ3) is 4.23. The quantitative estimate of drug-likeness (QED) is 0.893. The van der Waals surface area contributed by atoms with Crippen molar-refractivity contribution in [3.63, 3.8) is 0 Å². The van der Waals surface area contributed by atoms with Crippen LogP contribution in [0.15, 0.2) is 30.3 Å². The van der Waals surface area contributed by atoms with Crippen LogP contribution in [0.1, 0.15) is 38.7 Å². The molecule has 1 amide bonds. The zero-order valence-electron chi connectivity index (χ0n) is 12.1. The second kappa shape index (κ2) is 6.27. The molecule has 1 aromatic rings. The molecular weight excluding hydrogens is 254 g/mol. The van der Waals surface area contributed by atoms with Crippen LogP contribution in [-0.4, -0.2) is 23.3 Å². The van der Waals surface area contributed by atoms with Gasteiger partial charge in [-0.1, -0.05) is 44.2 Å². The van der Waals surface area contributed by atoms with Crippen molar-refractivity contribution in [3.05, 3.63) is 35.9 Å². The lowest BCUT2D eigenvalue weighted by Crippen LogP contribution is -2.49. The number of aliphatic hydroxyl groups is 1. The van der Waals surface area contributed by atoms with Crippen LogP contribution in [0.25, 0.3) is 0 Å². The fraction of sp³-hybridized carbons (Fsp3) is 0.562. The molecule has 0 heterocycles. The summed E-state index contributed by atoms with van der Waals surface area (Å²) in [6, 6.07) is 9.33. The van der Waals surface area contributed by atoms with Crippen LogP contribution in [0.3, 0.4) is 0 Å². The smallest absolute Gasteiger partial charge is 0.407 e. The number of rotatable bonds is 3. The van der Waals surface area contributed by atoms with Gasteiger partial charge in [-0.25, -0.2) is 4.79 Å². The van der Waals surface area contributed by atoms with Gasteiger partial charge < -0.3 is 15.2 Å². The number of alkyl carbamates (subject to hydrolysis) is 1. The Morgan fingerprint density at radius 2 is 2.10 bits per heavy atom. The van der Waals surface area contributed by atoms with Gasteiger partial charge in [0.25, 0.3) is 0 Å². The highest BCUT2D eigenvalue weighted by Crippen LogP contribution is 2.35. The maximum absolute atomic E-state index is 11.8. The molecule has 110 valence electrons. The number of nitrogens with one attached hydrogen (secondary N) is 1. The molecule has 2 N–H and O–H groups in total. The predicted molar refractivity (Wildman–Crippen MR) is 77.2 cm³/mol. The van der Waals surface area contributed by atoms with Gasteiger partial charge >= 0.3 is 6.09 Å². The molecule has 0 bridgehead atoms. The van der Waals surface area contributed by atoms with E-state index in [-0.39, 0.29) is 18.1 Å². The fourth-order valence-electron chi connectivity index (χ4n) is 2.64. The molecule has 1 aromatic carbocycles. The van der Waals surface area contributed by atoms with Gasteiger partial charge in [-0.15, -0.1) is 0 Å². The molecule has 2 rings (SSSR count). The average molecular weight is 277 g/mol. The van der Waals surface area contributed by atoms with E-state index >= 15 is 0 Å². The maximum Gasteiger partial charge on any atom is 0.407 e. The Morgan fingerprint density at radius 3 is 2.80 bits per heavy atom. The zero-order chi connectivity index (χ0) is 14.6. The van der Waals surface area contributed by atoms with Crippen molar-refractivity contribution in [1.82, 2.24) is 5.32 Å². The molecule has 2 atom stereocenters. The van der Waals surface area contributed by atoms with E-state index in [0.717, 1.165) is 24.8 Å². The van der Waals surface area contributed by atoms with Gasteiger partial charge in [0.2, 0.25) is 0 Å². The van der Waals surface area contributed by atoms with Crippen LogP contribution in [0.4, 0.5) is 4.79 Å². The lowest BCUT2D eigenvalue weighted by Gasteiger charge is -2.38. The van der Waals surface area contributed by atoms with E-state index in [4.69, 9.17) is 4.74 Å². The summed E-state index contributed by atoms with van der Waals surface area (Å²) in [7, 11) is 0. The van der Waals surface area contributed by atoms with E-state index in [1.807, 2.05) is 30.3 Å². The Morgan fingerprint density at radius 1 is 1.40 bits per heavy atom. The molecule has 0 saturated heterocycles. The fourth-order valence-corrected chi connectivity index (χ4v) is 2.64.